The Labute approximate surface area is 128 Å². The van der Waals surface area contributed by atoms with Crippen LogP contribution in [0.2, 0.25) is 5.02 Å². The molecular formula is C15H19ClN2O3. The molecule has 0 radical (unpaired) electrons. The third kappa shape index (κ3) is 4.36. The summed E-state index contributed by atoms with van der Waals surface area (Å²) < 4.78 is 0. The van der Waals surface area contributed by atoms with E-state index in [9.17, 15) is 9.59 Å². The molecule has 1 aromatic rings. The maximum Gasteiger partial charge on any atom is 0.317 e. The van der Waals surface area contributed by atoms with Crippen molar-refractivity contribution in [2.75, 3.05) is 13.1 Å². The normalized spacial score (nSPS) is 19.3. The van der Waals surface area contributed by atoms with Crippen molar-refractivity contribution in [2.45, 2.75) is 25.8 Å². The number of nitrogens with zero attached hydrogens (tertiary/aromatic N) is 1. The second-order valence-corrected chi connectivity index (χ2v) is 5.86. The molecule has 1 aliphatic heterocycles. The first-order valence-electron chi connectivity index (χ1n) is 6.98. The third-order valence-electron chi connectivity index (χ3n) is 3.75. The van der Waals surface area contributed by atoms with Gasteiger partial charge in [-0.2, -0.15) is 0 Å². The van der Waals surface area contributed by atoms with Crippen LogP contribution in [0.15, 0.2) is 24.3 Å². The smallest absolute Gasteiger partial charge is 0.317 e. The van der Waals surface area contributed by atoms with E-state index < -0.39 is 5.97 Å². The summed E-state index contributed by atoms with van der Waals surface area (Å²) in [6, 6.07) is 7.07. The van der Waals surface area contributed by atoms with Crippen molar-refractivity contribution in [3.05, 3.63) is 34.9 Å². The van der Waals surface area contributed by atoms with Crippen LogP contribution in [0.4, 0.5) is 4.79 Å². The van der Waals surface area contributed by atoms with E-state index in [1.54, 1.807) is 17.0 Å². The molecule has 1 aliphatic rings. The van der Waals surface area contributed by atoms with Gasteiger partial charge >= 0.3 is 12.0 Å². The van der Waals surface area contributed by atoms with Gasteiger partial charge in [-0.3, -0.25) is 4.79 Å². The molecule has 0 bridgehead atoms. The Bertz CT molecular complexity index is 518. The molecule has 1 heterocycles. The van der Waals surface area contributed by atoms with Crippen molar-refractivity contribution in [3.63, 3.8) is 0 Å². The van der Waals surface area contributed by atoms with Crippen LogP contribution in [0, 0.1) is 5.92 Å². The van der Waals surface area contributed by atoms with Crippen molar-refractivity contribution in [3.8, 4) is 0 Å². The molecule has 21 heavy (non-hydrogen) atoms. The van der Waals surface area contributed by atoms with Crippen LogP contribution < -0.4 is 5.32 Å². The fraction of sp³-hybridized carbons (Fsp3) is 0.467. The third-order valence-corrected chi connectivity index (χ3v) is 4.00. The van der Waals surface area contributed by atoms with Crippen LogP contribution in [0.25, 0.3) is 0 Å². The van der Waals surface area contributed by atoms with Gasteiger partial charge in [-0.05, 0) is 37.0 Å². The number of nitrogens with one attached hydrogen (secondary N) is 1. The molecule has 2 rings (SSSR count). The molecule has 2 N–H and O–H groups in total. The number of aliphatic carboxylic acids is 1. The highest BCUT2D eigenvalue weighted by atomic mass is 35.5. The minimum absolute atomic E-state index is 0.0547. The fourth-order valence-electron chi connectivity index (χ4n) is 2.54. The van der Waals surface area contributed by atoms with Crippen LogP contribution in [0.1, 0.15) is 31.4 Å². The Balaban J connectivity index is 1.87. The van der Waals surface area contributed by atoms with Crippen molar-refractivity contribution >= 4 is 23.6 Å². The first-order chi connectivity index (χ1) is 9.95. The molecule has 2 unspecified atom stereocenters. The lowest BCUT2D eigenvalue weighted by molar-refractivity contribution is -0.138. The highest BCUT2D eigenvalue weighted by molar-refractivity contribution is 6.30. The quantitative estimate of drug-likeness (QED) is 0.898. The first-order valence-corrected chi connectivity index (χ1v) is 7.36. The number of urea groups is 1. The Morgan fingerprint density at radius 2 is 2.10 bits per heavy atom. The zero-order valence-electron chi connectivity index (χ0n) is 11.9. The SMILES string of the molecule is CC(NC(=O)N1CCC(CC(=O)O)C1)c1ccc(Cl)cc1. The van der Waals surface area contributed by atoms with Crippen LogP contribution in [0.3, 0.4) is 0 Å². The predicted octanol–water partition coefficient (Wildman–Crippen LogP) is 2.91. The van der Waals surface area contributed by atoms with Gasteiger partial charge in [-0.15, -0.1) is 0 Å². The monoisotopic (exact) mass is 310 g/mol. The maximum atomic E-state index is 12.2. The molecule has 5 nitrogen and oxygen atoms in total. The van der Waals surface area contributed by atoms with Gasteiger partial charge in [0, 0.05) is 24.5 Å². The van der Waals surface area contributed by atoms with E-state index in [0.29, 0.717) is 18.1 Å². The largest absolute Gasteiger partial charge is 0.481 e. The van der Waals surface area contributed by atoms with Gasteiger partial charge in [0.25, 0.3) is 0 Å². The maximum absolute atomic E-state index is 12.2. The van der Waals surface area contributed by atoms with Gasteiger partial charge in [-0.25, -0.2) is 4.79 Å². The summed E-state index contributed by atoms with van der Waals surface area (Å²) in [5.74, 6) is -0.754. The van der Waals surface area contributed by atoms with E-state index in [4.69, 9.17) is 16.7 Å². The zero-order valence-corrected chi connectivity index (χ0v) is 12.6. The van der Waals surface area contributed by atoms with E-state index in [1.165, 1.54) is 0 Å². The molecule has 0 spiro atoms. The number of carbonyl (C=O) groups is 2. The lowest BCUT2D eigenvalue weighted by Gasteiger charge is -2.21. The van der Waals surface area contributed by atoms with Gasteiger partial charge in [0.2, 0.25) is 0 Å². The summed E-state index contributed by atoms with van der Waals surface area (Å²) in [7, 11) is 0. The lowest BCUT2D eigenvalue weighted by Crippen LogP contribution is -2.39. The van der Waals surface area contributed by atoms with Gasteiger partial charge in [0.15, 0.2) is 0 Å². The Hall–Kier alpha value is -1.75. The number of halogens is 1. The predicted molar refractivity (Wildman–Crippen MR) is 80.3 cm³/mol. The van der Waals surface area contributed by atoms with Gasteiger partial charge in [-0.1, -0.05) is 23.7 Å². The first kappa shape index (κ1) is 15.6. The van der Waals surface area contributed by atoms with Crippen LogP contribution in [-0.4, -0.2) is 35.1 Å². The fourth-order valence-corrected chi connectivity index (χ4v) is 2.67. The highest BCUT2D eigenvalue weighted by Crippen LogP contribution is 2.21. The Morgan fingerprint density at radius 3 is 2.71 bits per heavy atom. The number of carboxylic acid groups (broad SMARTS) is 1. The van der Waals surface area contributed by atoms with E-state index in [0.717, 1.165) is 12.0 Å². The number of hydrogen-bond donors (Lipinski definition) is 2. The number of likely N-dealkylation sites (tertiary alicyclic amines) is 1. The van der Waals surface area contributed by atoms with E-state index in [2.05, 4.69) is 5.32 Å². The molecule has 1 saturated heterocycles. The Morgan fingerprint density at radius 1 is 1.43 bits per heavy atom. The molecule has 6 heteroatoms. The molecule has 2 atom stereocenters. The molecule has 1 aromatic carbocycles. The molecule has 0 saturated carbocycles. The van der Waals surface area contributed by atoms with Crippen LogP contribution >= 0.6 is 11.6 Å². The van der Waals surface area contributed by atoms with Gasteiger partial charge in [0.1, 0.15) is 0 Å². The highest BCUT2D eigenvalue weighted by Gasteiger charge is 2.28. The number of rotatable bonds is 4. The molecule has 1 fully saturated rings. The molecule has 0 aromatic heterocycles. The topological polar surface area (TPSA) is 69.6 Å². The molecule has 2 amide bonds. The Kier molecular flexibility index (Phi) is 5.07. The number of carbonyl (C=O) groups excluding carboxylic acids is 1. The van der Waals surface area contributed by atoms with Crippen LogP contribution in [0.5, 0.6) is 0 Å². The average molecular weight is 311 g/mol. The second kappa shape index (κ2) is 6.80. The summed E-state index contributed by atoms with van der Waals surface area (Å²) in [6.07, 6.45) is 0.867. The van der Waals surface area contributed by atoms with Crippen LogP contribution in [-0.2, 0) is 4.79 Å². The molecular weight excluding hydrogens is 292 g/mol. The van der Waals surface area contributed by atoms with Crippen molar-refractivity contribution in [2.24, 2.45) is 5.92 Å². The average Bonchev–Trinajstić information content (AvgIpc) is 2.87. The lowest BCUT2D eigenvalue weighted by atomic mass is 10.1. The summed E-state index contributed by atoms with van der Waals surface area (Å²) in [6.45, 7) is 3.02. The zero-order chi connectivity index (χ0) is 15.4. The van der Waals surface area contributed by atoms with Crippen molar-refractivity contribution in [1.29, 1.82) is 0 Å². The molecule has 114 valence electrons. The minimum atomic E-state index is -0.809. The van der Waals surface area contributed by atoms with Gasteiger partial charge < -0.3 is 15.3 Å². The summed E-state index contributed by atoms with van der Waals surface area (Å²) in [4.78, 5) is 24.5. The van der Waals surface area contributed by atoms with E-state index in [-0.39, 0.29) is 24.4 Å². The molecule has 0 aliphatic carbocycles. The van der Waals surface area contributed by atoms with Gasteiger partial charge in [0.05, 0.1) is 6.04 Å². The van der Waals surface area contributed by atoms with Crippen molar-refractivity contribution < 1.29 is 14.7 Å². The van der Waals surface area contributed by atoms with Crippen molar-refractivity contribution in [1.82, 2.24) is 10.2 Å². The summed E-state index contributed by atoms with van der Waals surface area (Å²) in [5.41, 5.74) is 0.981. The number of amides is 2. The van der Waals surface area contributed by atoms with E-state index >= 15 is 0 Å². The number of hydrogen-bond acceptors (Lipinski definition) is 2. The standard InChI is InChI=1S/C15H19ClN2O3/c1-10(12-2-4-13(16)5-3-12)17-15(21)18-7-6-11(9-18)8-14(19)20/h2-5,10-11H,6-9H2,1H3,(H,17,21)(H,19,20). The number of benzene rings is 1. The number of carboxylic acids is 1. The minimum Gasteiger partial charge on any atom is -0.481 e. The van der Waals surface area contributed by atoms with E-state index in [1.807, 2.05) is 19.1 Å². The summed E-state index contributed by atoms with van der Waals surface area (Å²) >= 11 is 5.84. The summed E-state index contributed by atoms with van der Waals surface area (Å²) in [5, 5.41) is 12.4. The second-order valence-electron chi connectivity index (χ2n) is 5.42.